The maximum atomic E-state index is 11.0. The summed E-state index contributed by atoms with van der Waals surface area (Å²) in [7, 11) is 0. The molecule has 0 saturated heterocycles. The number of carbonyl (C=O) groups excluding carboxylic acids is 1. The maximum absolute atomic E-state index is 11.0. The van der Waals surface area contributed by atoms with Crippen LogP contribution in [0.2, 0.25) is 0 Å². The molecule has 0 aromatic heterocycles. The SMILES string of the molecule is C=C/C(=C\C=C(/C)NCc1cccc(C)c1)C(N)=O. The van der Waals surface area contributed by atoms with Crippen molar-refractivity contribution < 1.29 is 4.79 Å². The predicted octanol–water partition coefficient (Wildman–Crippen LogP) is 2.59. The lowest BCUT2D eigenvalue weighted by Gasteiger charge is -2.07. The summed E-state index contributed by atoms with van der Waals surface area (Å²) in [6.45, 7) is 8.30. The van der Waals surface area contributed by atoms with Gasteiger partial charge in [0, 0.05) is 17.8 Å². The van der Waals surface area contributed by atoms with E-state index in [2.05, 4.69) is 37.0 Å². The molecular weight excluding hydrogens is 236 g/mol. The maximum Gasteiger partial charge on any atom is 0.248 e. The Balaban J connectivity index is 2.62. The molecule has 0 spiro atoms. The average Bonchev–Trinajstić information content (AvgIpc) is 2.37. The molecule has 0 fully saturated rings. The van der Waals surface area contributed by atoms with Crippen LogP contribution >= 0.6 is 0 Å². The molecule has 19 heavy (non-hydrogen) atoms. The number of nitrogens with two attached hydrogens (primary N) is 1. The molecule has 3 nitrogen and oxygen atoms in total. The topological polar surface area (TPSA) is 55.1 Å². The lowest BCUT2D eigenvalue weighted by Crippen LogP contribution is -2.13. The summed E-state index contributed by atoms with van der Waals surface area (Å²) in [5.74, 6) is -0.474. The first-order chi connectivity index (χ1) is 9.02. The fourth-order valence-corrected chi connectivity index (χ4v) is 1.59. The van der Waals surface area contributed by atoms with Crippen LogP contribution in [-0.4, -0.2) is 5.91 Å². The molecule has 3 heteroatoms. The van der Waals surface area contributed by atoms with Crippen LogP contribution in [0.15, 0.2) is 60.3 Å². The van der Waals surface area contributed by atoms with Crippen LogP contribution in [0.4, 0.5) is 0 Å². The summed E-state index contributed by atoms with van der Waals surface area (Å²) in [5.41, 5.74) is 9.00. The largest absolute Gasteiger partial charge is 0.384 e. The van der Waals surface area contributed by atoms with Crippen LogP contribution in [0.3, 0.4) is 0 Å². The van der Waals surface area contributed by atoms with E-state index in [1.54, 1.807) is 6.08 Å². The van der Waals surface area contributed by atoms with Crippen molar-refractivity contribution in [2.45, 2.75) is 20.4 Å². The highest BCUT2D eigenvalue weighted by Crippen LogP contribution is 2.04. The van der Waals surface area contributed by atoms with E-state index in [0.717, 1.165) is 12.2 Å². The molecule has 1 aromatic rings. The van der Waals surface area contributed by atoms with Crippen molar-refractivity contribution in [3.05, 3.63) is 71.5 Å². The number of nitrogens with one attached hydrogen (secondary N) is 1. The minimum atomic E-state index is -0.474. The molecule has 0 heterocycles. The van der Waals surface area contributed by atoms with E-state index in [9.17, 15) is 4.79 Å². The second-order valence-corrected chi connectivity index (χ2v) is 4.38. The summed E-state index contributed by atoms with van der Waals surface area (Å²) in [5, 5.41) is 3.27. The van der Waals surface area contributed by atoms with Crippen LogP contribution in [0.5, 0.6) is 0 Å². The smallest absolute Gasteiger partial charge is 0.248 e. The Bertz CT molecular complexity index is 527. The lowest BCUT2D eigenvalue weighted by atomic mass is 10.1. The van der Waals surface area contributed by atoms with Gasteiger partial charge in [-0.2, -0.15) is 0 Å². The molecule has 0 atom stereocenters. The Hall–Kier alpha value is -2.29. The van der Waals surface area contributed by atoms with E-state index in [1.807, 2.05) is 19.1 Å². The number of aryl methyl sites for hydroxylation is 1. The predicted molar refractivity (Wildman–Crippen MR) is 79.3 cm³/mol. The molecule has 0 aliphatic carbocycles. The first-order valence-electron chi connectivity index (χ1n) is 6.13. The molecule has 0 radical (unpaired) electrons. The van der Waals surface area contributed by atoms with Crippen LogP contribution in [-0.2, 0) is 11.3 Å². The monoisotopic (exact) mass is 256 g/mol. The van der Waals surface area contributed by atoms with Gasteiger partial charge in [0.25, 0.3) is 0 Å². The first kappa shape index (κ1) is 14.8. The van der Waals surface area contributed by atoms with E-state index in [0.29, 0.717) is 5.57 Å². The first-order valence-corrected chi connectivity index (χ1v) is 6.13. The number of carbonyl (C=O) groups is 1. The number of amides is 1. The van der Waals surface area contributed by atoms with Gasteiger partial charge in [-0.1, -0.05) is 42.5 Å². The third-order valence-electron chi connectivity index (χ3n) is 2.67. The highest BCUT2D eigenvalue weighted by molar-refractivity contribution is 5.94. The van der Waals surface area contributed by atoms with Gasteiger partial charge in [-0.05, 0) is 31.6 Å². The van der Waals surface area contributed by atoms with Crippen molar-refractivity contribution in [3.63, 3.8) is 0 Å². The zero-order chi connectivity index (χ0) is 14.3. The van der Waals surface area contributed by atoms with E-state index in [4.69, 9.17) is 5.73 Å². The number of allylic oxidation sites excluding steroid dienone is 3. The zero-order valence-corrected chi connectivity index (χ0v) is 11.4. The molecular formula is C16H20N2O. The third kappa shape index (κ3) is 5.25. The van der Waals surface area contributed by atoms with Gasteiger partial charge in [0.2, 0.25) is 5.91 Å². The van der Waals surface area contributed by atoms with Crippen molar-refractivity contribution in [3.8, 4) is 0 Å². The van der Waals surface area contributed by atoms with Gasteiger partial charge in [0.1, 0.15) is 0 Å². The minimum Gasteiger partial charge on any atom is -0.384 e. The van der Waals surface area contributed by atoms with Crippen LogP contribution in [0.25, 0.3) is 0 Å². The van der Waals surface area contributed by atoms with Crippen LogP contribution in [0, 0.1) is 6.92 Å². The summed E-state index contributed by atoms with van der Waals surface area (Å²) >= 11 is 0. The van der Waals surface area contributed by atoms with Gasteiger partial charge in [-0.15, -0.1) is 0 Å². The van der Waals surface area contributed by atoms with Gasteiger partial charge in [-0.25, -0.2) is 0 Å². The molecule has 100 valence electrons. The van der Waals surface area contributed by atoms with E-state index >= 15 is 0 Å². The number of hydrogen-bond acceptors (Lipinski definition) is 2. The summed E-state index contributed by atoms with van der Waals surface area (Å²) in [6, 6.07) is 8.31. The quantitative estimate of drug-likeness (QED) is 0.607. The van der Waals surface area contributed by atoms with Crippen molar-refractivity contribution >= 4 is 5.91 Å². The Kier molecular flexibility index (Phi) is 5.61. The molecule has 3 N–H and O–H groups in total. The van der Waals surface area contributed by atoms with Gasteiger partial charge >= 0.3 is 0 Å². The zero-order valence-electron chi connectivity index (χ0n) is 11.4. The molecule has 0 saturated carbocycles. The van der Waals surface area contributed by atoms with Crippen LogP contribution < -0.4 is 11.1 Å². The number of primary amides is 1. The van der Waals surface area contributed by atoms with Gasteiger partial charge in [0.05, 0.1) is 0 Å². The molecule has 1 amide bonds. The number of hydrogen-bond donors (Lipinski definition) is 2. The fraction of sp³-hybridized carbons (Fsp3) is 0.188. The minimum absolute atomic E-state index is 0.400. The van der Waals surface area contributed by atoms with E-state index in [-0.39, 0.29) is 0 Å². The molecule has 0 unspecified atom stereocenters. The Morgan fingerprint density at radius 2 is 2.16 bits per heavy atom. The molecule has 0 bridgehead atoms. The number of benzene rings is 1. The van der Waals surface area contributed by atoms with Gasteiger partial charge in [0.15, 0.2) is 0 Å². The summed E-state index contributed by atoms with van der Waals surface area (Å²) < 4.78 is 0. The second kappa shape index (κ2) is 7.21. The van der Waals surface area contributed by atoms with E-state index in [1.165, 1.54) is 17.2 Å². The molecule has 1 rings (SSSR count). The molecule has 1 aromatic carbocycles. The van der Waals surface area contributed by atoms with Crippen molar-refractivity contribution in [1.82, 2.24) is 5.32 Å². The highest BCUT2D eigenvalue weighted by atomic mass is 16.1. The Morgan fingerprint density at radius 3 is 2.74 bits per heavy atom. The average molecular weight is 256 g/mol. The lowest BCUT2D eigenvalue weighted by molar-refractivity contribution is -0.114. The number of rotatable bonds is 6. The van der Waals surface area contributed by atoms with Gasteiger partial charge < -0.3 is 11.1 Å². The van der Waals surface area contributed by atoms with Crippen molar-refractivity contribution in [1.29, 1.82) is 0 Å². The normalized spacial score (nSPS) is 12.1. The molecule has 0 aliphatic heterocycles. The van der Waals surface area contributed by atoms with Crippen molar-refractivity contribution in [2.75, 3.05) is 0 Å². The summed E-state index contributed by atoms with van der Waals surface area (Å²) in [4.78, 5) is 11.0. The highest BCUT2D eigenvalue weighted by Gasteiger charge is 1.97. The van der Waals surface area contributed by atoms with Crippen molar-refractivity contribution in [2.24, 2.45) is 5.73 Å². The second-order valence-electron chi connectivity index (χ2n) is 4.38. The van der Waals surface area contributed by atoms with E-state index < -0.39 is 5.91 Å². The van der Waals surface area contributed by atoms with Crippen LogP contribution in [0.1, 0.15) is 18.1 Å². The Morgan fingerprint density at radius 1 is 1.42 bits per heavy atom. The molecule has 0 aliphatic rings. The van der Waals surface area contributed by atoms with Gasteiger partial charge in [-0.3, -0.25) is 4.79 Å². The fourth-order valence-electron chi connectivity index (χ4n) is 1.59. The third-order valence-corrected chi connectivity index (χ3v) is 2.67. The standard InChI is InChI=1S/C16H20N2O/c1-4-15(16(17)19)9-8-13(3)18-11-14-7-5-6-12(2)10-14/h4-10,18H,1,11H2,2-3H3,(H2,17,19)/b13-8+,15-9+. The summed E-state index contributed by atoms with van der Waals surface area (Å²) in [6.07, 6.45) is 4.93. The Labute approximate surface area is 114 Å².